The van der Waals surface area contributed by atoms with E-state index in [1.54, 1.807) is 0 Å². The molecule has 1 aromatic carbocycles. The lowest BCUT2D eigenvalue weighted by atomic mass is 10.3. The highest BCUT2D eigenvalue weighted by Gasteiger charge is 2.31. The number of morpholine rings is 1. The number of nitrogens with one attached hydrogen (secondary N) is 1. The molecule has 0 amide bonds. The van der Waals surface area contributed by atoms with E-state index in [0.29, 0.717) is 5.52 Å². The van der Waals surface area contributed by atoms with Gasteiger partial charge < -0.3 is 4.74 Å². The van der Waals surface area contributed by atoms with Crippen LogP contribution in [0.25, 0.3) is 11.0 Å². The fourth-order valence-corrected chi connectivity index (χ4v) is 2.75. The zero-order valence-electron chi connectivity index (χ0n) is 11.8. The Kier molecular flexibility index (Phi) is 3.56. The third-order valence-electron chi connectivity index (χ3n) is 3.62. The van der Waals surface area contributed by atoms with Crippen molar-refractivity contribution >= 4 is 11.0 Å². The maximum absolute atomic E-state index is 12.0. The predicted molar refractivity (Wildman–Crippen MR) is 74.8 cm³/mol. The summed E-state index contributed by atoms with van der Waals surface area (Å²) >= 11 is 0. The van der Waals surface area contributed by atoms with Gasteiger partial charge in [-0.1, -0.05) is 17.3 Å². The van der Waals surface area contributed by atoms with Gasteiger partial charge in [-0.05, 0) is 31.1 Å². The second kappa shape index (κ2) is 5.35. The zero-order valence-corrected chi connectivity index (χ0v) is 11.8. The molecular weight excluding hydrogens is 258 g/mol. The van der Waals surface area contributed by atoms with E-state index in [2.05, 4.69) is 15.0 Å². The summed E-state index contributed by atoms with van der Waals surface area (Å²) in [6.45, 7) is 3.14. The minimum Gasteiger partial charge on any atom is -0.379 e. The van der Waals surface area contributed by atoms with Gasteiger partial charge in [0.2, 0.25) is 17.3 Å². The van der Waals surface area contributed by atoms with E-state index in [-0.39, 0.29) is 6.29 Å². The summed E-state index contributed by atoms with van der Waals surface area (Å²) in [4.78, 5) is 16.4. The normalized spacial score (nSPS) is 18.8. The molecule has 3 rings (SSSR count). The standard InChI is InChI=1S/C13H20N5O2/c1-15(2)13(16-7-9-20-10-8-16)17-11-5-3-4-6-12(11)18(19)14-17/h3-6,13H,7-10H2,1-2H3,(H,14,19)/q+1. The Hall–Kier alpha value is -1.70. The molecule has 1 aromatic heterocycles. The Labute approximate surface area is 116 Å². The highest BCUT2D eigenvalue weighted by molar-refractivity contribution is 5.70. The molecule has 1 aliphatic heterocycles. The number of nitrogens with zero attached hydrogens (tertiary/aromatic N) is 4. The predicted octanol–water partition coefficient (Wildman–Crippen LogP) is 0.234. The van der Waals surface area contributed by atoms with Gasteiger partial charge in [-0.25, -0.2) is 4.90 Å². The van der Waals surface area contributed by atoms with E-state index >= 15 is 0 Å². The van der Waals surface area contributed by atoms with Crippen LogP contribution in [0.4, 0.5) is 0 Å². The van der Waals surface area contributed by atoms with Crippen LogP contribution in [0, 0.1) is 4.91 Å². The molecule has 1 saturated heterocycles. The molecule has 2 heterocycles. The minimum absolute atomic E-state index is 0.0287. The van der Waals surface area contributed by atoms with Gasteiger partial charge in [-0.2, -0.15) is 0 Å². The maximum Gasteiger partial charge on any atom is 0.249 e. The topological polar surface area (TPSA) is 59.4 Å². The number of hydrogen-bond donors (Lipinski definition) is 1. The summed E-state index contributed by atoms with van der Waals surface area (Å²) in [5.41, 5.74) is 1.54. The highest BCUT2D eigenvalue weighted by Crippen LogP contribution is 2.20. The van der Waals surface area contributed by atoms with E-state index in [1.807, 2.05) is 43.0 Å². The van der Waals surface area contributed by atoms with Crippen molar-refractivity contribution in [2.24, 2.45) is 0 Å². The quantitative estimate of drug-likeness (QED) is 0.817. The molecule has 1 N–H and O–H groups in total. The lowest BCUT2D eigenvalue weighted by molar-refractivity contribution is -0.542. The van der Waals surface area contributed by atoms with Crippen molar-refractivity contribution in [2.75, 3.05) is 40.4 Å². The molecule has 0 bridgehead atoms. The smallest absolute Gasteiger partial charge is 0.249 e. The first-order chi connectivity index (χ1) is 9.68. The summed E-state index contributed by atoms with van der Waals surface area (Å²) in [6, 6.07) is 7.59. The van der Waals surface area contributed by atoms with Crippen molar-refractivity contribution < 1.29 is 9.28 Å². The van der Waals surface area contributed by atoms with Crippen LogP contribution < -0.4 is 4.54 Å². The van der Waals surface area contributed by atoms with Gasteiger partial charge >= 0.3 is 0 Å². The third kappa shape index (κ3) is 2.24. The molecule has 1 atom stereocenters. The molecular formula is C13H20N5O2+. The van der Waals surface area contributed by atoms with Crippen molar-refractivity contribution in [1.29, 1.82) is 0 Å². The van der Waals surface area contributed by atoms with Gasteiger partial charge in [0.1, 0.15) is 0 Å². The zero-order chi connectivity index (χ0) is 14.1. The molecule has 7 nitrogen and oxygen atoms in total. The van der Waals surface area contributed by atoms with Crippen molar-refractivity contribution in [1.82, 2.24) is 19.7 Å². The van der Waals surface area contributed by atoms with Crippen molar-refractivity contribution in [3.05, 3.63) is 29.2 Å². The summed E-state index contributed by atoms with van der Waals surface area (Å²) in [7, 11) is 4.02. The number of rotatable bonds is 3. The van der Waals surface area contributed by atoms with Crippen LogP contribution in [0.2, 0.25) is 0 Å². The molecule has 1 aliphatic rings. The molecule has 7 heteroatoms. The molecule has 0 aliphatic carbocycles. The first-order valence-electron chi connectivity index (χ1n) is 6.78. The fraction of sp³-hybridized carbons (Fsp3) is 0.538. The average molecular weight is 278 g/mol. The van der Waals surface area contributed by atoms with Gasteiger partial charge in [0.15, 0.2) is 0 Å². The van der Waals surface area contributed by atoms with Crippen molar-refractivity contribution in [3.8, 4) is 0 Å². The number of hydrogen-bond acceptors (Lipinski definition) is 4. The minimum atomic E-state index is -0.0287. The number of H-pyrrole nitrogens is 1. The van der Waals surface area contributed by atoms with E-state index in [0.717, 1.165) is 36.4 Å². The first-order valence-corrected chi connectivity index (χ1v) is 6.78. The van der Waals surface area contributed by atoms with Gasteiger partial charge in [-0.3, -0.25) is 4.90 Å². The van der Waals surface area contributed by atoms with Gasteiger partial charge in [0, 0.05) is 13.1 Å². The molecule has 0 radical (unpaired) electrons. The van der Waals surface area contributed by atoms with Crippen LogP contribution >= 0.6 is 0 Å². The van der Waals surface area contributed by atoms with Crippen LogP contribution in [0.1, 0.15) is 6.29 Å². The van der Waals surface area contributed by atoms with Gasteiger partial charge in [0.05, 0.1) is 17.8 Å². The Bertz CT molecular complexity index is 641. The summed E-state index contributed by atoms with van der Waals surface area (Å²) < 4.78 is 8.13. The Morgan fingerprint density at radius 3 is 2.70 bits per heavy atom. The van der Waals surface area contributed by atoms with E-state index < -0.39 is 0 Å². The molecule has 108 valence electrons. The summed E-state index contributed by atoms with van der Waals surface area (Å²) in [6.07, 6.45) is -0.0287. The fourth-order valence-electron chi connectivity index (χ4n) is 2.75. The third-order valence-corrected chi connectivity index (χ3v) is 3.62. The molecule has 0 saturated carbocycles. The van der Waals surface area contributed by atoms with Crippen LogP contribution in [-0.4, -0.2) is 60.1 Å². The van der Waals surface area contributed by atoms with Gasteiger partial charge in [-0.15, -0.1) is 4.68 Å². The van der Waals surface area contributed by atoms with E-state index in [1.165, 1.54) is 0 Å². The molecule has 20 heavy (non-hydrogen) atoms. The number of ether oxygens (including phenoxy) is 1. The molecule has 0 spiro atoms. The summed E-state index contributed by atoms with van der Waals surface area (Å²) in [5.74, 6) is 0. The largest absolute Gasteiger partial charge is 0.379 e. The SMILES string of the molecule is CN(C)C(N1CCOCC1)n1[nH][n+](=O)c2ccccc21. The highest BCUT2D eigenvalue weighted by atomic mass is 16.5. The second-order valence-electron chi connectivity index (χ2n) is 5.21. The monoisotopic (exact) mass is 278 g/mol. The number of benzene rings is 1. The van der Waals surface area contributed by atoms with Crippen LogP contribution in [-0.2, 0) is 4.74 Å². The lowest BCUT2D eigenvalue weighted by Crippen LogP contribution is -2.47. The average Bonchev–Trinajstić information content (AvgIpc) is 2.78. The van der Waals surface area contributed by atoms with Crippen molar-refractivity contribution in [2.45, 2.75) is 6.29 Å². The number of aromatic amines is 1. The first kappa shape index (κ1) is 13.3. The van der Waals surface area contributed by atoms with E-state index in [9.17, 15) is 4.91 Å². The number of fused-ring (bicyclic) bond motifs is 1. The Morgan fingerprint density at radius 2 is 2.00 bits per heavy atom. The van der Waals surface area contributed by atoms with Crippen LogP contribution in [0.15, 0.2) is 24.3 Å². The molecule has 1 fully saturated rings. The molecule has 1 unspecified atom stereocenters. The maximum atomic E-state index is 12.0. The van der Waals surface area contributed by atoms with Gasteiger partial charge in [0.25, 0.3) is 0 Å². The van der Waals surface area contributed by atoms with Crippen molar-refractivity contribution in [3.63, 3.8) is 0 Å². The number of para-hydroxylation sites is 2. The lowest BCUT2D eigenvalue weighted by Gasteiger charge is -2.34. The second-order valence-corrected chi connectivity index (χ2v) is 5.21. The Morgan fingerprint density at radius 1 is 1.30 bits per heavy atom. The summed E-state index contributed by atoms with van der Waals surface area (Å²) in [5, 5.41) is 2.88. The van der Waals surface area contributed by atoms with E-state index in [4.69, 9.17) is 4.74 Å². The van der Waals surface area contributed by atoms with Crippen LogP contribution in [0.3, 0.4) is 0 Å². The Balaban J connectivity index is 2.07. The van der Waals surface area contributed by atoms with Crippen LogP contribution in [0.5, 0.6) is 0 Å². The number of aromatic nitrogens is 3. The molecule has 2 aromatic rings.